The fraction of sp³-hybridized carbons (Fsp3) is 0.143. The average molecular weight is 302 g/mol. The lowest BCUT2D eigenvalue weighted by Gasteiger charge is -2.29. The zero-order chi connectivity index (χ0) is 15.3. The van der Waals surface area contributed by atoms with Gasteiger partial charge in [0.15, 0.2) is 0 Å². The average Bonchev–Trinajstić information content (AvgIpc) is 2.62. The Kier molecular flexibility index (Phi) is 5.42. The quantitative estimate of drug-likeness (QED) is 0.444. The summed E-state index contributed by atoms with van der Waals surface area (Å²) in [4.78, 5) is 0. The number of allylic oxidation sites excluding steroid dienone is 5. The monoisotopic (exact) mass is 302 g/mol. The minimum absolute atomic E-state index is 0. The smallest absolute Gasteiger partial charge is 0.0901 e. The third-order valence-corrected chi connectivity index (χ3v) is 3.90. The highest BCUT2D eigenvalue weighted by molar-refractivity contribution is 5.55. The Balaban J connectivity index is 0.00000192. The summed E-state index contributed by atoms with van der Waals surface area (Å²) >= 11 is 0. The largest absolute Gasteiger partial charge is 0.151 e. The van der Waals surface area contributed by atoms with Crippen LogP contribution in [0.5, 0.6) is 0 Å². The Hall–Kier alpha value is -2.74. The molecule has 1 aliphatic rings. The molecule has 2 nitrogen and oxygen atoms in total. The predicted molar refractivity (Wildman–Crippen MR) is 98.6 cm³/mol. The normalized spacial score (nSPS) is 19.5. The first-order valence-corrected chi connectivity index (χ1v) is 7.38. The maximum atomic E-state index is 4.46. The number of azo groups is 1. The molecule has 23 heavy (non-hydrogen) atoms. The number of hydrogen-bond donors (Lipinski definition) is 0. The molecule has 116 valence electrons. The molecule has 0 N–H and O–H groups in total. The van der Waals surface area contributed by atoms with E-state index in [1.165, 1.54) is 0 Å². The van der Waals surface area contributed by atoms with Gasteiger partial charge in [-0.3, -0.25) is 0 Å². The van der Waals surface area contributed by atoms with Gasteiger partial charge in [-0.05, 0) is 30.2 Å². The third-order valence-electron chi connectivity index (χ3n) is 3.90. The van der Waals surface area contributed by atoms with E-state index in [0.29, 0.717) is 0 Å². The van der Waals surface area contributed by atoms with E-state index in [1.807, 2.05) is 54.6 Å². The molecule has 0 saturated carbocycles. The molecule has 2 aromatic rings. The van der Waals surface area contributed by atoms with Crippen molar-refractivity contribution in [2.24, 2.45) is 10.2 Å². The summed E-state index contributed by atoms with van der Waals surface area (Å²) in [5.41, 5.74) is 2.65. The first-order chi connectivity index (χ1) is 10.8. The molecule has 0 fully saturated rings. The molecule has 0 radical (unpaired) electrons. The second kappa shape index (κ2) is 7.50. The van der Waals surface area contributed by atoms with E-state index in [9.17, 15) is 0 Å². The minimum Gasteiger partial charge on any atom is -0.151 e. The minimum atomic E-state index is -0.207. The Morgan fingerprint density at radius 3 is 2.35 bits per heavy atom. The van der Waals surface area contributed by atoms with Crippen LogP contribution in [0.1, 0.15) is 19.4 Å². The van der Waals surface area contributed by atoms with Gasteiger partial charge in [-0.1, -0.05) is 74.2 Å². The summed E-state index contributed by atoms with van der Waals surface area (Å²) in [6.07, 6.45) is 11.4. The van der Waals surface area contributed by atoms with Crippen molar-refractivity contribution in [3.63, 3.8) is 0 Å². The van der Waals surface area contributed by atoms with E-state index in [2.05, 4.69) is 47.2 Å². The molecule has 2 heteroatoms. The lowest BCUT2D eigenvalue weighted by Crippen LogP contribution is -2.21. The zero-order valence-corrected chi connectivity index (χ0v) is 12.4. The second-order valence-electron chi connectivity index (χ2n) is 5.29. The second-order valence-corrected chi connectivity index (χ2v) is 5.29. The van der Waals surface area contributed by atoms with E-state index in [1.54, 1.807) is 0 Å². The van der Waals surface area contributed by atoms with Gasteiger partial charge in [0.1, 0.15) is 0 Å². The van der Waals surface area contributed by atoms with Gasteiger partial charge in [0.25, 0.3) is 0 Å². The highest BCUT2D eigenvalue weighted by atomic mass is 15.1. The highest BCUT2D eigenvalue weighted by Crippen LogP contribution is 2.39. The van der Waals surface area contributed by atoms with Crippen molar-refractivity contribution >= 4 is 11.4 Å². The molecule has 0 saturated heterocycles. The molecule has 0 amide bonds. The van der Waals surface area contributed by atoms with Gasteiger partial charge in [-0.15, -0.1) is 6.58 Å². The van der Waals surface area contributed by atoms with Crippen molar-refractivity contribution in [3.05, 3.63) is 97.1 Å². The van der Waals surface area contributed by atoms with Gasteiger partial charge in [-0.25, -0.2) is 0 Å². The molecule has 0 aromatic heterocycles. The molecule has 0 aliphatic heterocycles. The summed E-state index contributed by atoms with van der Waals surface area (Å²) in [7, 11) is 0. The third kappa shape index (κ3) is 3.54. The van der Waals surface area contributed by atoms with E-state index >= 15 is 0 Å². The molecule has 0 spiro atoms. The van der Waals surface area contributed by atoms with Crippen molar-refractivity contribution in [1.29, 1.82) is 0 Å². The van der Waals surface area contributed by atoms with E-state index in [0.717, 1.165) is 23.4 Å². The van der Waals surface area contributed by atoms with Crippen molar-refractivity contribution in [2.75, 3.05) is 0 Å². The lowest BCUT2D eigenvalue weighted by molar-refractivity contribution is 0.677. The summed E-state index contributed by atoms with van der Waals surface area (Å²) in [6.45, 7) is 4.03. The topological polar surface area (TPSA) is 24.7 Å². The number of rotatable bonds is 4. The van der Waals surface area contributed by atoms with Crippen molar-refractivity contribution in [2.45, 2.75) is 19.3 Å². The SMILES string of the molecule is C.C=CC1(c2ccccc2N=Nc2ccccc2)C=CC=CC1. The lowest BCUT2D eigenvalue weighted by atomic mass is 9.75. The number of hydrogen-bond acceptors (Lipinski definition) is 2. The molecular formula is C21H22N2. The van der Waals surface area contributed by atoms with Crippen LogP contribution in [0, 0.1) is 0 Å². The maximum Gasteiger partial charge on any atom is 0.0901 e. The number of nitrogens with zero attached hydrogens (tertiary/aromatic N) is 2. The van der Waals surface area contributed by atoms with Crippen LogP contribution in [-0.2, 0) is 5.41 Å². The van der Waals surface area contributed by atoms with Crippen LogP contribution in [0.2, 0.25) is 0 Å². The molecule has 1 aliphatic carbocycles. The van der Waals surface area contributed by atoms with Crippen LogP contribution in [0.3, 0.4) is 0 Å². The molecule has 2 aromatic carbocycles. The van der Waals surface area contributed by atoms with Gasteiger partial charge in [0, 0.05) is 5.41 Å². The summed E-state index contributed by atoms with van der Waals surface area (Å²) in [5, 5.41) is 8.81. The van der Waals surface area contributed by atoms with Gasteiger partial charge in [0.05, 0.1) is 11.4 Å². The van der Waals surface area contributed by atoms with Gasteiger partial charge < -0.3 is 0 Å². The summed E-state index contributed by atoms with van der Waals surface area (Å²) in [6, 6.07) is 17.9. The highest BCUT2D eigenvalue weighted by Gasteiger charge is 2.28. The van der Waals surface area contributed by atoms with Crippen LogP contribution in [0.15, 0.2) is 102 Å². The molecule has 1 atom stereocenters. The Labute approximate surface area is 138 Å². The maximum absolute atomic E-state index is 4.46. The zero-order valence-electron chi connectivity index (χ0n) is 12.4. The van der Waals surface area contributed by atoms with Crippen LogP contribution in [-0.4, -0.2) is 0 Å². The predicted octanol–water partition coefficient (Wildman–Crippen LogP) is 6.68. The molecule has 1 unspecified atom stereocenters. The first kappa shape index (κ1) is 16.6. The van der Waals surface area contributed by atoms with Crippen molar-refractivity contribution < 1.29 is 0 Å². The fourth-order valence-electron chi connectivity index (χ4n) is 2.66. The van der Waals surface area contributed by atoms with E-state index < -0.39 is 0 Å². The number of benzene rings is 2. The van der Waals surface area contributed by atoms with Gasteiger partial charge >= 0.3 is 0 Å². The van der Waals surface area contributed by atoms with Crippen LogP contribution in [0.25, 0.3) is 0 Å². The standard InChI is InChI=1S/C20H18N2.CH4/c1-2-20(15-9-4-10-16-20)18-13-7-8-14-19(18)22-21-17-11-5-3-6-12-17;/h2-15H,1,16H2;1H4. The van der Waals surface area contributed by atoms with E-state index in [4.69, 9.17) is 0 Å². The Bertz CT molecular complexity index is 741. The Morgan fingerprint density at radius 1 is 0.913 bits per heavy atom. The van der Waals surface area contributed by atoms with Gasteiger partial charge in [-0.2, -0.15) is 10.2 Å². The molecular weight excluding hydrogens is 280 g/mol. The van der Waals surface area contributed by atoms with Crippen LogP contribution in [0.4, 0.5) is 11.4 Å². The fourth-order valence-corrected chi connectivity index (χ4v) is 2.66. The summed E-state index contributed by atoms with van der Waals surface area (Å²) < 4.78 is 0. The summed E-state index contributed by atoms with van der Waals surface area (Å²) in [5.74, 6) is 0. The van der Waals surface area contributed by atoms with Crippen LogP contribution >= 0.6 is 0 Å². The van der Waals surface area contributed by atoms with Gasteiger partial charge in [0.2, 0.25) is 0 Å². The molecule has 3 rings (SSSR count). The first-order valence-electron chi connectivity index (χ1n) is 7.38. The van der Waals surface area contributed by atoms with Crippen molar-refractivity contribution in [1.82, 2.24) is 0 Å². The molecule has 0 bridgehead atoms. The van der Waals surface area contributed by atoms with Crippen molar-refractivity contribution in [3.8, 4) is 0 Å². The Morgan fingerprint density at radius 2 is 1.65 bits per heavy atom. The van der Waals surface area contributed by atoms with E-state index in [-0.39, 0.29) is 12.8 Å². The molecule has 0 heterocycles. The van der Waals surface area contributed by atoms with Crippen LogP contribution < -0.4 is 0 Å².